The van der Waals surface area contributed by atoms with Crippen molar-refractivity contribution >= 4 is 10.8 Å². The molecule has 0 radical (unpaired) electrons. The fourth-order valence-corrected chi connectivity index (χ4v) is 3.24. The largest absolute Gasteiger partial charge is 0.395 e. The van der Waals surface area contributed by atoms with Crippen LogP contribution in [0, 0.1) is 0 Å². The molecule has 0 bridgehead atoms. The third-order valence-electron chi connectivity index (χ3n) is 4.46. The molecule has 0 spiro atoms. The second kappa shape index (κ2) is 9.33. The minimum atomic E-state index is 0.177. The molecule has 3 nitrogen and oxygen atoms in total. The Labute approximate surface area is 149 Å². The van der Waals surface area contributed by atoms with E-state index in [1.807, 2.05) is 0 Å². The number of benzene rings is 3. The van der Waals surface area contributed by atoms with Crippen LogP contribution in [0.25, 0.3) is 10.8 Å². The fourth-order valence-electron chi connectivity index (χ4n) is 3.24. The molecule has 25 heavy (non-hydrogen) atoms. The summed E-state index contributed by atoms with van der Waals surface area (Å²) >= 11 is 0. The summed E-state index contributed by atoms with van der Waals surface area (Å²) in [6, 6.07) is 26.0. The first kappa shape index (κ1) is 17.6. The predicted molar refractivity (Wildman–Crippen MR) is 105 cm³/mol. The van der Waals surface area contributed by atoms with Crippen LogP contribution in [0.2, 0.25) is 0 Å². The minimum absolute atomic E-state index is 0.177. The summed E-state index contributed by atoms with van der Waals surface area (Å²) in [6.07, 6.45) is 0.953. The van der Waals surface area contributed by atoms with Gasteiger partial charge in [0.15, 0.2) is 0 Å². The van der Waals surface area contributed by atoms with Gasteiger partial charge in [-0.2, -0.15) is 0 Å². The molecule has 3 N–H and O–H groups in total. The first-order valence-corrected chi connectivity index (χ1v) is 8.95. The van der Waals surface area contributed by atoms with Crippen molar-refractivity contribution in [1.82, 2.24) is 10.6 Å². The predicted octanol–water partition coefficient (Wildman–Crippen LogP) is 3.30. The third-order valence-corrected chi connectivity index (χ3v) is 4.46. The molecule has 0 heterocycles. The Morgan fingerprint density at radius 1 is 0.760 bits per heavy atom. The van der Waals surface area contributed by atoms with E-state index in [9.17, 15) is 0 Å². The topological polar surface area (TPSA) is 44.3 Å². The van der Waals surface area contributed by atoms with Crippen molar-refractivity contribution in [1.29, 1.82) is 0 Å². The normalized spacial score (nSPS) is 12.4. The summed E-state index contributed by atoms with van der Waals surface area (Å²) < 4.78 is 0. The molecule has 0 aliphatic heterocycles. The van der Waals surface area contributed by atoms with Crippen LogP contribution in [0.15, 0.2) is 72.8 Å². The van der Waals surface area contributed by atoms with Crippen LogP contribution in [-0.4, -0.2) is 31.3 Å². The Balaban J connectivity index is 1.81. The number of fused-ring (bicyclic) bond motifs is 1. The lowest BCUT2D eigenvalue weighted by Gasteiger charge is -2.21. The standard InChI is InChI=1S/C22H26N2O/c25-16-15-23-13-14-24-22(17-18-7-2-1-3-8-18)21-12-6-10-19-9-4-5-11-20(19)21/h1-12,22-25H,13-17H2/t22-/m1/s1. The molecule has 1 atom stereocenters. The molecule has 0 aliphatic carbocycles. The van der Waals surface area contributed by atoms with E-state index in [0.29, 0.717) is 6.54 Å². The molecular weight excluding hydrogens is 308 g/mol. The van der Waals surface area contributed by atoms with Gasteiger partial charge in [-0.1, -0.05) is 72.8 Å². The van der Waals surface area contributed by atoms with Gasteiger partial charge in [-0.05, 0) is 28.3 Å². The number of hydrogen-bond donors (Lipinski definition) is 3. The van der Waals surface area contributed by atoms with E-state index in [2.05, 4.69) is 83.4 Å². The minimum Gasteiger partial charge on any atom is -0.395 e. The van der Waals surface area contributed by atoms with Crippen molar-refractivity contribution in [2.24, 2.45) is 0 Å². The zero-order valence-electron chi connectivity index (χ0n) is 14.5. The number of rotatable bonds is 9. The SMILES string of the molecule is OCCNCCN[C@H](Cc1ccccc1)c1cccc2ccccc12. The molecule has 130 valence electrons. The van der Waals surface area contributed by atoms with E-state index in [1.165, 1.54) is 21.9 Å². The van der Waals surface area contributed by atoms with Gasteiger partial charge >= 0.3 is 0 Å². The highest BCUT2D eigenvalue weighted by molar-refractivity contribution is 5.86. The molecule has 0 aromatic heterocycles. The van der Waals surface area contributed by atoms with E-state index in [4.69, 9.17) is 5.11 Å². The van der Waals surface area contributed by atoms with Crippen LogP contribution in [0.3, 0.4) is 0 Å². The Morgan fingerprint density at radius 3 is 2.36 bits per heavy atom. The smallest absolute Gasteiger partial charge is 0.0555 e. The zero-order valence-corrected chi connectivity index (χ0v) is 14.5. The van der Waals surface area contributed by atoms with E-state index in [0.717, 1.165) is 19.5 Å². The summed E-state index contributed by atoms with van der Waals surface area (Å²) in [6.45, 7) is 2.52. The lowest BCUT2D eigenvalue weighted by atomic mass is 9.94. The molecule has 0 aliphatic rings. The van der Waals surface area contributed by atoms with Gasteiger partial charge in [-0.25, -0.2) is 0 Å². The zero-order chi connectivity index (χ0) is 17.3. The summed E-state index contributed by atoms with van der Waals surface area (Å²) in [4.78, 5) is 0. The molecule has 3 rings (SSSR count). The second-order valence-corrected chi connectivity index (χ2v) is 6.24. The van der Waals surface area contributed by atoms with Gasteiger partial charge in [0.1, 0.15) is 0 Å². The monoisotopic (exact) mass is 334 g/mol. The van der Waals surface area contributed by atoms with Gasteiger partial charge in [-0.3, -0.25) is 0 Å². The second-order valence-electron chi connectivity index (χ2n) is 6.24. The van der Waals surface area contributed by atoms with Gasteiger partial charge in [-0.15, -0.1) is 0 Å². The quantitative estimate of drug-likeness (QED) is 0.526. The van der Waals surface area contributed by atoms with Crippen molar-refractivity contribution in [3.63, 3.8) is 0 Å². The van der Waals surface area contributed by atoms with Gasteiger partial charge in [0, 0.05) is 25.7 Å². The number of aliphatic hydroxyl groups excluding tert-OH is 1. The molecule has 0 saturated heterocycles. The Kier molecular flexibility index (Phi) is 6.57. The van der Waals surface area contributed by atoms with Crippen molar-refractivity contribution < 1.29 is 5.11 Å². The fraction of sp³-hybridized carbons (Fsp3) is 0.273. The number of nitrogens with one attached hydrogen (secondary N) is 2. The molecule has 3 heteroatoms. The number of hydrogen-bond acceptors (Lipinski definition) is 3. The maximum absolute atomic E-state index is 8.88. The van der Waals surface area contributed by atoms with Crippen LogP contribution in [-0.2, 0) is 6.42 Å². The van der Waals surface area contributed by atoms with Crippen LogP contribution < -0.4 is 10.6 Å². The van der Waals surface area contributed by atoms with Gasteiger partial charge < -0.3 is 15.7 Å². The highest BCUT2D eigenvalue weighted by atomic mass is 16.3. The lowest BCUT2D eigenvalue weighted by Crippen LogP contribution is -2.32. The number of aliphatic hydroxyl groups is 1. The maximum Gasteiger partial charge on any atom is 0.0555 e. The van der Waals surface area contributed by atoms with Crippen LogP contribution in [0.5, 0.6) is 0 Å². The van der Waals surface area contributed by atoms with Crippen molar-refractivity contribution in [2.75, 3.05) is 26.2 Å². The van der Waals surface area contributed by atoms with Gasteiger partial charge in [0.2, 0.25) is 0 Å². The average Bonchev–Trinajstić information content (AvgIpc) is 2.67. The summed E-state index contributed by atoms with van der Waals surface area (Å²) in [5.41, 5.74) is 2.67. The van der Waals surface area contributed by atoms with Crippen molar-refractivity contribution in [3.05, 3.63) is 83.9 Å². The average molecular weight is 334 g/mol. The molecule has 0 saturated carbocycles. The molecular formula is C22H26N2O. The van der Waals surface area contributed by atoms with Crippen molar-refractivity contribution in [2.45, 2.75) is 12.5 Å². The molecule has 3 aromatic carbocycles. The van der Waals surface area contributed by atoms with Crippen LogP contribution >= 0.6 is 0 Å². The van der Waals surface area contributed by atoms with E-state index in [1.54, 1.807) is 0 Å². The third kappa shape index (κ3) is 4.89. The molecule has 0 amide bonds. The van der Waals surface area contributed by atoms with Crippen molar-refractivity contribution in [3.8, 4) is 0 Å². The van der Waals surface area contributed by atoms with E-state index < -0.39 is 0 Å². The van der Waals surface area contributed by atoms with Gasteiger partial charge in [0.05, 0.1) is 6.61 Å². The Bertz CT molecular complexity index is 768. The lowest BCUT2D eigenvalue weighted by molar-refractivity contribution is 0.292. The Morgan fingerprint density at radius 2 is 1.52 bits per heavy atom. The molecule has 0 fully saturated rings. The molecule has 0 unspecified atom stereocenters. The van der Waals surface area contributed by atoms with E-state index in [-0.39, 0.29) is 12.6 Å². The summed E-state index contributed by atoms with van der Waals surface area (Å²) in [5, 5.41) is 18.4. The highest BCUT2D eigenvalue weighted by Crippen LogP contribution is 2.26. The summed E-state index contributed by atoms with van der Waals surface area (Å²) in [7, 11) is 0. The first-order valence-electron chi connectivity index (χ1n) is 8.95. The summed E-state index contributed by atoms with van der Waals surface area (Å²) in [5.74, 6) is 0. The van der Waals surface area contributed by atoms with E-state index >= 15 is 0 Å². The Hall–Kier alpha value is -2.20. The highest BCUT2D eigenvalue weighted by Gasteiger charge is 2.14. The van der Waals surface area contributed by atoms with Crippen LogP contribution in [0.1, 0.15) is 17.2 Å². The first-order chi connectivity index (χ1) is 12.4. The van der Waals surface area contributed by atoms with Gasteiger partial charge in [0.25, 0.3) is 0 Å². The maximum atomic E-state index is 8.88. The van der Waals surface area contributed by atoms with Crippen LogP contribution in [0.4, 0.5) is 0 Å². The molecule has 3 aromatic rings.